The van der Waals surface area contributed by atoms with Crippen LogP contribution in [-0.4, -0.2) is 36.7 Å². The largest absolute Gasteiger partial charge is 0.462 e. The summed E-state index contributed by atoms with van der Waals surface area (Å²) < 4.78 is 5.03. The molecule has 1 atom stereocenters. The lowest BCUT2D eigenvalue weighted by molar-refractivity contribution is 0.0527. The molecule has 0 aromatic carbocycles. The molecule has 1 unspecified atom stereocenters. The molecule has 104 valence electrons. The maximum atomic E-state index is 11.8. The number of carbonyl (C=O) groups is 1. The molecule has 19 heavy (non-hydrogen) atoms. The Morgan fingerprint density at radius 3 is 3.21 bits per heavy atom. The Bertz CT molecular complexity index is 417. The number of aromatic nitrogens is 1. The number of hydrogen-bond donors (Lipinski definition) is 2. The lowest BCUT2D eigenvalue weighted by Gasteiger charge is -2.24. The van der Waals surface area contributed by atoms with E-state index in [2.05, 4.69) is 15.6 Å². The zero-order chi connectivity index (χ0) is 13.5. The molecular formula is C14H21N3O2. The number of piperidine rings is 1. The van der Waals surface area contributed by atoms with Crippen molar-refractivity contribution in [1.29, 1.82) is 0 Å². The zero-order valence-electron chi connectivity index (χ0n) is 11.3. The average molecular weight is 263 g/mol. The minimum Gasteiger partial charge on any atom is -0.462 e. The molecule has 5 nitrogen and oxygen atoms in total. The van der Waals surface area contributed by atoms with Gasteiger partial charge in [-0.2, -0.15) is 0 Å². The summed E-state index contributed by atoms with van der Waals surface area (Å²) >= 11 is 0. The second-order valence-electron chi connectivity index (χ2n) is 4.65. The molecule has 1 aromatic rings. The third-order valence-corrected chi connectivity index (χ3v) is 3.23. The summed E-state index contributed by atoms with van der Waals surface area (Å²) in [6, 6.07) is 3.93. The van der Waals surface area contributed by atoms with Gasteiger partial charge in [0.25, 0.3) is 0 Å². The van der Waals surface area contributed by atoms with Crippen molar-refractivity contribution in [1.82, 2.24) is 10.3 Å². The predicted molar refractivity (Wildman–Crippen MR) is 74.3 cm³/mol. The first-order valence-corrected chi connectivity index (χ1v) is 6.90. The van der Waals surface area contributed by atoms with Gasteiger partial charge in [-0.25, -0.2) is 9.78 Å². The summed E-state index contributed by atoms with van der Waals surface area (Å²) in [5.41, 5.74) is 0.500. The Kier molecular flexibility index (Phi) is 5.15. The van der Waals surface area contributed by atoms with Crippen LogP contribution in [0.3, 0.4) is 0 Å². The van der Waals surface area contributed by atoms with Crippen molar-refractivity contribution in [3.8, 4) is 0 Å². The highest BCUT2D eigenvalue weighted by Crippen LogP contribution is 2.14. The number of esters is 1. The molecule has 0 amide bonds. The summed E-state index contributed by atoms with van der Waals surface area (Å²) in [5, 5.41) is 6.70. The van der Waals surface area contributed by atoms with Crippen LogP contribution in [0, 0.1) is 0 Å². The van der Waals surface area contributed by atoms with E-state index in [1.807, 2.05) is 0 Å². The quantitative estimate of drug-likeness (QED) is 0.793. The van der Waals surface area contributed by atoms with Gasteiger partial charge in [0.05, 0.1) is 6.61 Å². The fourth-order valence-corrected chi connectivity index (χ4v) is 2.24. The van der Waals surface area contributed by atoms with Crippen molar-refractivity contribution < 1.29 is 9.53 Å². The second kappa shape index (κ2) is 7.09. The van der Waals surface area contributed by atoms with E-state index in [0.29, 0.717) is 24.0 Å². The summed E-state index contributed by atoms with van der Waals surface area (Å²) in [6.07, 6.45) is 5.34. The Labute approximate surface area is 113 Å². The van der Waals surface area contributed by atoms with Crippen molar-refractivity contribution >= 4 is 11.8 Å². The van der Waals surface area contributed by atoms with E-state index in [9.17, 15) is 4.79 Å². The number of anilines is 1. The maximum absolute atomic E-state index is 11.8. The molecule has 1 fully saturated rings. The van der Waals surface area contributed by atoms with Crippen LogP contribution in [0.5, 0.6) is 0 Å². The number of carbonyl (C=O) groups excluding carboxylic acids is 1. The van der Waals surface area contributed by atoms with E-state index >= 15 is 0 Å². The molecule has 1 saturated heterocycles. The molecule has 0 bridgehead atoms. The Hall–Kier alpha value is -1.62. The Morgan fingerprint density at radius 1 is 1.58 bits per heavy atom. The van der Waals surface area contributed by atoms with Gasteiger partial charge in [-0.3, -0.25) is 0 Å². The molecule has 0 spiro atoms. The maximum Gasteiger partial charge on any atom is 0.341 e. The van der Waals surface area contributed by atoms with Crippen LogP contribution in [0.25, 0.3) is 0 Å². The molecule has 2 heterocycles. The second-order valence-corrected chi connectivity index (χ2v) is 4.65. The Balaban J connectivity index is 1.97. The van der Waals surface area contributed by atoms with Gasteiger partial charge in [0.2, 0.25) is 0 Å². The van der Waals surface area contributed by atoms with Crippen molar-refractivity contribution in [2.75, 3.05) is 25.0 Å². The van der Waals surface area contributed by atoms with E-state index in [0.717, 1.165) is 19.5 Å². The number of nitrogens with zero attached hydrogens (tertiary/aromatic N) is 1. The van der Waals surface area contributed by atoms with Crippen LogP contribution < -0.4 is 10.6 Å². The third-order valence-electron chi connectivity index (χ3n) is 3.23. The van der Waals surface area contributed by atoms with Crippen molar-refractivity contribution in [3.63, 3.8) is 0 Å². The molecule has 0 radical (unpaired) electrons. The van der Waals surface area contributed by atoms with Gasteiger partial charge in [0, 0.05) is 18.8 Å². The first-order valence-electron chi connectivity index (χ1n) is 6.90. The predicted octanol–water partition coefficient (Wildman–Crippen LogP) is 1.81. The fourth-order valence-electron chi connectivity index (χ4n) is 2.24. The monoisotopic (exact) mass is 263 g/mol. The topological polar surface area (TPSA) is 63.2 Å². The van der Waals surface area contributed by atoms with Gasteiger partial charge in [-0.15, -0.1) is 0 Å². The SMILES string of the molecule is CCOC(=O)c1cccnc1NCC1CCCCN1. The normalized spacial score (nSPS) is 18.9. The molecule has 1 aliphatic heterocycles. The molecular weight excluding hydrogens is 242 g/mol. The summed E-state index contributed by atoms with van der Waals surface area (Å²) in [6.45, 7) is 4.02. The lowest BCUT2D eigenvalue weighted by Crippen LogP contribution is -2.39. The number of pyridine rings is 1. The van der Waals surface area contributed by atoms with E-state index in [1.54, 1.807) is 25.3 Å². The average Bonchev–Trinajstić information content (AvgIpc) is 2.47. The molecule has 0 saturated carbocycles. The lowest BCUT2D eigenvalue weighted by atomic mass is 10.1. The standard InChI is InChI=1S/C14H21N3O2/c1-2-19-14(18)12-7-5-9-16-13(12)17-10-11-6-3-4-8-15-11/h5,7,9,11,15H,2-4,6,8,10H2,1H3,(H,16,17). The van der Waals surface area contributed by atoms with Gasteiger partial charge in [0.15, 0.2) is 0 Å². The van der Waals surface area contributed by atoms with Crippen LogP contribution in [0.1, 0.15) is 36.5 Å². The number of nitrogens with one attached hydrogen (secondary N) is 2. The third kappa shape index (κ3) is 3.92. The van der Waals surface area contributed by atoms with E-state index in [4.69, 9.17) is 4.74 Å². The van der Waals surface area contributed by atoms with Crippen LogP contribution in [0.15, 0.2) is 18.3 Å². The summed E-state index contributed by atoms with van der Waals surface area (Å²) in [4.78, 5) is 16.0. The highest BCUT2D eigenvalue weighted by molar-refractivity contribution is 5.94. The first-order chi connectivity index (χ1) is 9.31. The smallest absolute Gasteiger partial charge is 0.341 e. The van der Waals surface area contributed by atoms with Crippen molar-refractivity contribution in [2.24, 2.45) is 0 Å². The van der Waals surface area contributed by atoms with Gasteiger partial charge in [-0.05, 0) is 38.4 Å². The molecule has 1 aliphatic rings. The molecule has 1 aromatic heterocycles. The van der Waals surface area contributed by atoms with Crippen molar-refractivity contribution in [2.45, 2.75) is 32.2 Å². The minimum absolute atomic E-state index is 0.324. The molecule has 2 rings (SSSR count). The Morgan fingerprint density at radius 2 is 2.47 bits per heavy atom. The van der Waals surface area contributed by atoms with Gasteiger partial charge < -0.3 is 15.4 Å². The highest BCUT2D eigenvalue weighted by Gasteiger charge is 2.16. The summed E-state index contributed by atoms with van der Waals surface area (Å²) in [5.74, 6) is 0.281. The fraction of sp³-hybridized carbons (Fsp3) is 0.571. The number of rotatable bonds is 5. The molecule has 2 N–H and O–H groups in total. The van der Waals surface area contributed by atoms with E-state index in [-0.39, 0.29) is 5.97 Å². The van der Waals surface area contributed by atoms with E-state index < -0.39 is 0 Å². The van der Waals surface area contributed by atoms with Crippen LogP contribution in [0.2, 0.25) is 0 Å². The van der Waals surface area contributed by atoms with Crippen LogP contribution >= 0.6 is 0 Å². The highest BCUT2D eigenvalue weighted by atomic mass is 16.5. The first kappa shape index (κ1) is 13.8. The van der Waals surface area contributed by atoms with Gasteiger partial charge in [0.1, 0.15) is 11.4 Å². The van der Waals surface area contributed by atoms with Crippen molar-refractivity contribution in [3.05, 3.63) is 23.9 Å². The van der Waals surface area contributed by atoms with E-state index in [1.165, 1.54) is 12.8 Å². The van der Waals surface area contributed by atoms with Gasteiger partial charge in [-0.1, -0.05) is 6.42 Å². The summed E-state index contributed by atoms with van der Waals surface area (Å²) in [7, 11) is 0. The number of hydrogen-bond acceptors (Lipinski definition) is 5. The zero-order valence-corrected chi connectivity index (χ0v) is 11.3. The van der Waals surface area contributed by atoms with Gasteiger partial charge >= 0.3 is 5.97 Å². The minimum atomic E-state index is -0.324. The number of ether oxygens (including phenoxy) is 1. The molecule has 0 aliphatic carbocycles. The van der Waals surface area contributed by atoms with Crippen LogP contribution in [-0.2, 0) is 4.74 Å². The van der Waals surface area contributed by atoms with Crippen LogP contribution in [0.4, 0.5) is 5.82 Å². The molecule has 5 heteroatoms.